The molecule has 0 spiro atoms. The molecule has 2 heterocycles. The van der Waals surface area contributed by atoms with Crippen LogP contribution in [0.4, 0.5) is 0 Å². The van der Waals surface area contributed by atoms with Gasteiger partial charge in [-0.05, 0) is 26.7 Å². The second-order valence-electron chi connectivity index (χ2n) is 8.21. The first kappa shape index (κ1) is 21.8. The summed E-state index contributed by atoms with van der Waals surface area (Å²) in [6.07, 6.45) is 8.31. The molecule has 1 aliphatic heterocycles. The van der Waals surface area contributed by atoms with Crippen molar-refractivity contribution in [2.75, 3.05) is 47.0 Å². The molecule has 2 N–H and O–H groups in total. The summed E-state index contributed by atoms with van der Waals surface area (Å²) >= 11 is 0. The summed E-state index contributed by atoms with van der Waals surface area (Å²) in [6.45, 7) is 9.35. The summed E-state index contributed by atoms with van der Waals surface area (Å²) in [5.41, 5.74) is 3.32. The van der Waals surface area contributed by atoms with E-state index in [1.807, 2.05) is 20.2 Å². The second-order valence-corrected chi connectivity index (χ2v) is 8.21. The molecule has 1 aromatic rings. The molecule has 162 valence electrons. The summed E-state index contributed by atoms with van der Waals surface area (Å²) < 4.78 is 11.1. The minimum absolute atomic E-state index is 0.209. The van der Waals surface area contributed by atoms with Gasteiger partial charge in [0, 0.05) is 49.5 Å². The summed E-state index contributed by atoms with van der Waals surface area (Å²) in [5.74, 6) is 1.73. The molecular formula is C22H37N5O2. The second kappa shape index (κ2) is 10.3. The molecule has 0 unspecified atom stereocenters. The third-order valence-electron chi connectivity index (χ3n) is 6.45. The van der Waals surface area contributed by atoms with Crippen LogP contribution in [-0.2, 0) is 11.3 Å². The molecule has 1 aliphatic carbocycles. The van der Waals surface area contributed by atoms with Gasteiger partial charge in [0.2, 0.25) is 0 Å². The Morgan fingerprint density at radius 1 is 1.21 bits per heavy atom. The van der Waals surface area contributed by atoms with Crippen LogP contribution in [0.3, 0.4) is 0 Å². The van der Waals surface area contributed by atoms with Gasteiger partial charge in [0.25, 0.3) is 0 Å². The van der Waals surface area contributed by atoms with E-state index in [1.54, 1.807) is 7.11 Å². The Bertz CT molecular complexity index is 695. The van der Waals surface area contributed by atoms with Crippen LogP contribution in [-0.4, -0.2) is 68.4 Å². The molecule has 1 aromatic heterocycles. The van der Waals surface area contributed by atoms with Crippen LogP contribution < -0.4 is 15.4 Å². The van der Waals surface area contributed by atoms with Gasteiger partial charge >= 0.3 is 0 Å². The molecule has 0 bridgehead atoms. The van der Waals surface area contributed by atoms with Gasteiger partial charge in [-0.15, -0.1) is 0 Å². The van der Waals surface area contributed by atoms with Gasteiger partial charge in [0.15, 0.2) is 5.96 Å². The Kier molecular flexibility index (Phi) is 7.72. The first-order valence-electron chi connectivity index (χ1n) is 10.9. The number of rotatable bonds is 6. The minimum atomic E-state index is 0.209. The number of morpholine rings is 1. The van der Waals surface area contributed by atoms with Gasteiger partial charge in [-0.3, -0.25) is 14.9 Å². The molecule has 0 radical (unpaired) electrons. The maximum absolute atomic E-state index is 5.59. The molecule has 29 heavy (non-hydrogen) atoms. The van der Waals surface area contributed by atoms with Crippen LogP contribution in [0.5, 0.6) is 5.75 Å². The van der Waals surface area contributed by atoms with Crippen LogP contribution in [0.2, 0.25) is 0 Å². The van der Waals surface area contributed by atoms with Crippen LogP contribution in [0, 0.1) is 13.8 Å². The number of methoxy groups -OCH3 is 1. The van der Waals surface area contributed by atoms with Crippen molar-refractivity contribution in [3.8, 4) is 5.75 Å². The van der Waals surface area contributed by atoms with Crippen LogP contribution in [0.25, 0.3) is 0 Å². The maximum atomic E-state index is 5.59. The lowest BCUT2D eigenvalue weighted by Gasteiger charge is -2.48. The average Bonchev–Trinajstić information content (AvgIpc) is 2.76. The van der Waals surface area contributed by atoms with Gasteiger partial charge < -0.3 is 20.1 Å². The van der Waals surface area contributed by atoms with E-state index in [0.717, 1.165) is 61.4 Å². The van der Waals surface area contributed by atoms with Crippen LogP contribution in [0.1, 0.15) is 48.9 Å². The summed E-state index contributed by atoms with van der Waals surface area (Å²) in [6, 6.07) is 0. The highest BCUT2D eigenvalue weighted by Crippen LogP contribution is 2.33. The standard InChI is InChI=1S/C22H37N5O2/c1-17-14-24-19(18(2)20(17)28-4)15-25-21(23-3)26-16-22(8-6-5-7-9-22)27-10-12-29-13-11-27/h14H,5-13,15-16H2,1-4H3,(H2,23,25,26). The first-order valence-corrected chi connectivity index (χ1v) is 10.9. The van der Waals surface area contributed by atoms with Crippen molar-refractivity contribution in [1.82, 2.24) is 20.5 Å². The van der Waals surface area contributed by atoms with Gasteiger partial charge in [-0.25, -0.2) is 0 Å². The molecule has 1 saturated carbocycles. The average molecular weight is 404 g/mol. The van der Waals surface area contributed by atoms with E-state index in [0.29, 0.717) is 6.54 Å². The van der Waals surface area contributed by atoms with Crippen molar-refractivity contribution in [2.24, 2.45) is 4.99 Å². The highest BCUT2D eigenvalue weighted by Gasteiger charge is 2.38. The number of hydrogen-bond donors (Lipinski definition) is 2. The normalized spacial score (nSPS) is 20.3. The van der Waals surface area contributed by atoms with Gasteiger partial charge in [0.1, 0.15) is 5.75 Å². The number of nitrogens with zero attached hydrogens (tertiary/aromatic N) is 3. The monoisotopic (exact) mass is 403 g/mol. The topological polar surface area (TPSA) is 71.0 Å². The number of aliphatic imine (C=N–C) groups is 1. The molecule has 0 atom stereocenters. The number of aromatic nitrogens is 1. The SMILES string of the molecule is CN=C(NCc1ncc(C)c(OC)c1C)NCC1(N2CCOCC2)CCCCC1. The van der Waals surface area contributed by atoms with Crippen molar-refractivity contribution in [3.05, 3.63) is 23.0 Å². The summed E-state index contributed by atoms with van der Waals surface area (Å²) in [5, 5.41) is 7.04. The van der Waals surface area contributed by atoms with E-state index in [9.17, 15) is 0 Å². The Morgan fingerprint density at radius 2 is 1.93 bits per heavy atom. The third kappa shape index (κ3) is 5.20. The molecule has 0 amide bonds. The highest BCUT2D eigenvalue weighted by atomic mass is 16.5. The summed E-state index contributed by atoms with van der Waals surface area (Å²) in [4.78, 5) is 11.7. The maximum Gasteiger partial charge on any atom is 0.191 e. The quantitative estimate of drug-likeness (QED) is 0.561. The Balaban J connectivity index is 1.62. The number of nitrogens with one attached hydrogen (secondary N) is 2. The number of aryl methyl sites for hydroxylation is 1. The van der Waals surface area contributed by atoms with Gasteiger partial charge in [0.05, 0.1) is 32.6 Å². The molecule has 2 aliphatic rings. The van der Waals surface area contributed by atoms with Crippen LogP contribution in [0.15, 0.2) is 11.2 Å². The highest BCUT2D eigenvalue weighted by molar-refractivity contribution is 5.79. The largest absolute Gasteiger partial charge is 0.496 e. The molecule has 2 fully saturated rings. The lowest BCUT2D eigenvalue weighted by molar-refractivity contribution is -0.0352. The smallest absolute Gasteiger partial charge is 0.191 e. The zero-order valence-electron chi connectivity index (χ0n) is 18.5. The molecular weight excluding hydrogens is 366 g/mol. The van der Waals surface area contributed by atoms with E-state index < -0.39 is 0 Å². The van der Waals surface area contributed by atoms with Crippen molar-refractivity contribution in [1.29, 1.82) is 0 Å². The predicted octanol–water partition coefficient (Wildman–Crippen LogP) is 2.41. The molecule has 7 heteroatoms. The van der Waals surface area contributed by atoms with E-state index in [2.05, 4.69) is 32.4 Å². The number of pyridine rings is 1. The lowest BCUT2D eigenvalue weighted by atomic mass is 9.80. The Hall–Kier alpha value is -1.86. The van der Waals surface area contributed by atoms with Crippen molar-refractivity contribution in [2.45, 2.75) is 58.0 Å². The first-order chi connectivity index (χ1) is 14.1. The molecule has 0 aromatic carbocycles. The predicted molar refractivity (Wildman–Crippen MR) is 117 cm³/mol. The van der Waals surface area contributed by atoms with E-state index in [1.165, 1.54) is 32.1 Å². The Morgan fingerprint density at radius 3 is 2.59 bits per heavy atom. The fourth-order valence-corrected chi connectivity index (χ4v) is 4.74. The van der Waals surface area contributed by atoms with Crippen LogP contribution >= 0.6 is 0 Å². The zero-order valence-corrected chi connectivity index (χ0v) is 18.5. The van der Waals surface area contributed by atoms with E-state index >= 15 is 0 Å². The third-order valence-corrected chi connectivity index (χ3v) is 6.45. The van der Waals surface area contributed by atoms with Gasteiger partial charge in [-0.2, -0.15) is 0 Å². The number of guanidine groups is 1. The van der Waals surface area contributed by atoms with Crippen molar-refractivity contribution >= 4 is 5.96 Å². The van der Waals surface area contributed by atoms with Crippen molar-refractivity contribution in [3.63, 3.8) is 0 Å². The molecule has 1 saturated heterocycles. The molecule has 3 rings (SSSR count). The number of hydrogen-bond acceptors (Lipinski definition) is 5. The number of ether oxygens (including phenoxy) is 2. The van der Waals surface area contributed by atoms with Crippen molar-refractivity contribution < 1.29 is 9.47 Å². The minimum Gasteiger partial charge on any atom is -0.496 e. The lowest BCUT2D eigenvalue weighted by Crippen LogP contribution is -2.60. The van der Waals surface area contributed by atoms with E-state index in [4.69, 9.17) is 9.47 Å². The fourth-order valence-electron chi connectivity index (χ4n) is 4.74. The Labute approximate surface area is 175 Å². The fraction of sp³-hybridized carbons (Fsp3) is 0.727. The van der Waals surface area contributed by atoms with Gasteiger partial charge in [-0.1, -0.05) is 19.3 Å². The summed E-state index contributed by atoms with van der Waals surface area (Å²) in [7, 11) is 3.54. The zero-order chi connectivity index (χ0) is 20.7. The van der Waals surface area contributed by atoms with E-state index in [-0.39, 0.29) is 5.54 Å². The molecule has 7 nitrogen and oxygen atoms in total.